The van der Waals surface area contributed by atoms with E-state index in [1.807, 2.05) is 0 Å². The van der Waals surface area contributed by atoms with Gasteiger partial charge in [-0.25, -0.2) is 9.37 Å². The van der Waals surface area contributed by atoms with Gasteiger partial charge in [0.05, 0.1) is 24.3 Å². The molecule has 0 spiro atoms. The molecular weight excluding hydrogens is 335 g/mol. The Bertz CT molecular complexity index is 735. The number of thioether (sulfide) groups is 1. The molecule has 1 aromatic heterocycles. The standard InChI is InChI=1S/C15H17FN4O3S/c1-17-13(22)7-20-12(8-21)6-18-15(20)24-9-14(23)19-11-4-2-3-10(16)5-11/h2-6,21H,7-9H2,1H3,(H,17,22)(H,19,23). The third-order valence-corrected chi connectivity index (χ3v) is 4.08. The van der Waals surface area contributed by atoms with E-state index in [1.54, 1.807) is 10.6 Å². The average Bonchev–Trinajstić information content (AvgIpc) is 2.94. The van der Waals surface area contributed by atoms with E-state index in [9.17, 15) is 19.1 Å². The van der Waals surface area contributed by atoms with Crippen LogP contribution in [0.25, 0.3) is 0 Å². The molecule has 7 nitrogen and oxygen atoms in total. The zero-order valence-corrected chi connectivity index (χ0v) is 13.8. The molecule has 0 radical (unpaired) electrons. The molecule has 0 bridgehead atoms. The van der Waals surface area contributed by atoms with Gasteiger partial charge in [0.2, 0.25) is 11.8 Å². The number of hydrogen-bond donors (Lipinski definition) is 3. The van der Waals surface area contributed by atoms with Crippen molar-refractivity contribution in [3.05, 3.63) is 42.0 Å². The molecule has 9 heteroatoms. The molecule has 2 aromatic rings. The highest BCUT2D eigenvalue weighted by Crippen LogP contribution is 2.19. The Hall–Kier alpha value is -2.39. The molecule has 0 saturated carbocycles. The zero-order chi connectivity index (χ0) is 17.5. The van der Waals surface area contributed by atoms with E-state index >= 15 is 0 Å². The second-order valence-electron chi connectivity index (χ2n) is 4.80. The summed E-state index contributed by atoms with van der Waals surface area (Å²) in [6.07, 6.45) is 1.45. The summed E-state index contributed by atoms with van der Waals surface area (Å²) in [5.41, 5.74) is 0.844. The molecule has 0 aliphatic rings. The van der Waals surface area contributed by atoms with Gasteiger partial charge in [-0.1, -0.05) is 17.8 Å². The fraction of sp³-hybridized carbons (Fsp3) is 0.267. The number of nitrogens with zero attached hydrogens (tertiary/aromatic N) is 2. The van der Waals surface area contributed by atoms with Crippen LogP contribution in [0.1, 0.15) is 5.69 Å². The van der Waals surface area contributed by atoms with E-state index in [0.29, 0.717) is 16.5 Å². The van der Waals surface area contributed by atoms with Crippen molar-refractivity contribution in [2.45, 2.75) is 18.3 Å². The predicted molar refractivity (Wildman–Crippen MR) is 88.0 cm³/mol. The minimum atomic E-state index is -0.436. The highest BCUT2D eigenvalue weighted by molar-refractivity contribution is 7.99. The molecule has 3 N–H and O–H groups in total. The Morgan fingerprint density at radius 2 is 2.17 bits per heavy atom. The van der Waals surface area contributed by atoms with Crippen molar-refractivity contribution < 1.29 is 19.1 Å². The van der Waals surface area contributed by atoms with Crippen molar-refractivity contribution in [3.8, 4) is 0 Å². The topological polar surface area (TPSA) is 96.2 Å². The van der Waals surface area contributed by atoms with Gasteiger partial charge in [-0.3, -0.25) is 9.59 Å². The molecule has 1 heterocycles. The molecule has 2 amide bonds. The maximum absolute atomic E-state index is 13.1. The SMILES string of the molecule is CNC(=O)Cn1c(CO)cnc1SCC(=O)Nc1cccc(F)c1. The van der Waals surface area contributed by atoms with Crippen molar-refractivity contribution >= 4 is 29.3 Å². The lowest BCUT2D eigenvalue weighted by atomic mass is 10.3. The highest BCUT2D eigenvalue weighted by atomic mass is 32.2. The number of rotatable bonds is 7. The molecule has 24 heavy (non-hydrogen) atoms. The summed E-state index contributed by atoms with van der Waals surface area (Å²) in [7, 11) is 1.51. The van der Waals surface area contributed by atoms with Gasteiger partial charge in [0.25, 0.3) is 0 Å². The maximum atomic E-state index is 13.1. The molecule has 2 rings (SSSR count). The molecule has 1 aromatic carbocycles. The van der Waals surface area contributed by atoms with E-state index in [0.717, 1.165) is 11.8 Å². The highest BCUT2D eigenvalue weighted by Gasteiger charge is 2.14. The van der Waals surface area contributed by atoms with Crippen LogP contribution < -0.4 is 10.6 Å². The first-order valence-corrected chi connectivity index (χ1v) is 8.06. The fourth-order valence-corrected chi connectivity index (χ4v) is 2.72. The van der Waals surface area contributed by atoms with Crippen LogP contribution >= 0.6 is 11.8 Å². The summed E-state index contributed by atoms with van der Waals surface area (Å²) in [5.74, 6) is -0.972. The number of carbonyl (C=O) groups is 2. The van der Waals surface area contributed by atoms with Crippen LogP contribution in [0.5, 0.6) is 0 Å². The number of hydrogen-bond acceptors (Lipinski definition) is 5. The molecule has 0 saturated heterocycles. The van der Waals surface area contributed by atoms with E-state index in [1.165, 1.54) is 31.4 Å². The number of anilines is 1. The lowest BCUT2D eigenvalue weighted by Crippen LogP contribution is -2.25. The molecule has 0 fully saturated rings. The van der Waals surface area contributed by atoms with Crippen molar-refractivity contribution in [1.82, 2.24) is 14.9 Å². The second kappa shape index (κ2) is 8.46. The first-order valence-electron chi connectivity index (χ1n) is 7.07. The third-order valence-electron chi connectivity index (χ3n) is 3.08. The minimum Gasteiger partial charge on any atom is -0.390 e. The number of halogens is 1. The van der Waals surface area contributed by atoms with Crippen molar-refractivity contribution in [2.24, 2.45) is 0 Å². The van der Waals surface area contributed by atoms with Crippen molar-refractivity contribution in [2.75, 3.05) is 18.1 Å². The lowest BCUT2D eigenvalue weighted by molar-refractivity contribution is -0.121. The number of benzene rings is 1. The molecule has 0 aliphatic carbocycles. The minimum absolute atomic E-state index is 0.000240. The monoisotopic (exact) mass is 352 g/mol. The predicted octanol–water partition coefficient (Wildman–Crippen LogP) is 0.991. The Morgan fingerprint density at radius 3 is 2.83 bits per heavy atom. The van der Waals surface area contributed by atoms with Gasteiger partial charge in [0.1, 0.15) is 12.4 Å². The van der Waals surface area contributed by atoms with Gasteiger partial charge < -0.3 is 20.3 Å². The molecule has 0 atom stereocenters. The number of likely N-dealkylation sites (N-methyl/N-ethyl adjacent to an activating group) is 1. The number of aliphatic hydroxyl groups is 1. The van der Waals surface area contributed by atoms with Crippen molar-refractivity contribution in [3.63, 3.8) is 0 Å². The van der Waals surface area contributed by atoms with Crippen LogP contribution in [-0.2, 0) is 22.7 Å². The van der Waals surface area contributed by atoms with Gasteiger partial charge in [-0.2, -0.15) is 0 Å². The normalized spacial score (nSPS) is 10.5. The molecular formula is C15H17FN4O3S. The van der Waals surface area contributed by atoms with E-state index in [2.05, 4.69) is 15.6 Å². The molecule has 128 valence electrons. The van der Waals surface area contributed by atoms with Crippen LogP contribution in [0, 0.1) is 5.82 Å². The third kappa shape index (κ3) is 4.80. The van der Waals surface area contributed by atoms with Gasteiger partial charge in [-0.15, -0.1) is 0 Å². The van der Waals surface area contributed by atoms with Crippen LogP contribution in [0.15, 0.2) is 35.6 Å². The quantitative estimate of drug-likeness (QED) is 0.646. The Morgan fingerprint density at radius 1 is 1.38 bits per heavy atom. The fourth-order valence-electron chi connectivity index (χ4n) is 1.92. The van der Waals surface area contributed by atoms with Crippen LogP contribution in [0.2, 0.25) is 0 Å². The first kappa shape index (κ1) is 18.0. The summed E-state index contributed by atoms with van der Waals surface area (Å²) in [6.45, 7) is -0.264. The Kier molecular flexibility index (Phi) is 6.33. The maximum Gasteiger partial charge on any atom is 0.239 e. The van der Waals surface area contributed by atoms with Gasteiger partial charge in [0, 0.05) is 12.7 Å². The first-order chi connectivity index (χ1) is 11.5. The largest absolute Gasteiger partial charge is 0.390 e. The van der Waals surface area contributed by atoms with E-state index in [-0.39, 0.29) is 30.7 Å². The number of amides is 2. The average molecular weight is 352 g/mol. The summed E-state index contributed by atoms with van der Waals surface area (Å²) in [4.78, 5) is 27.6. The molecule has 0 unspecified atom stereocenters. The van der Waals surface area contributed by atoms with Crippen LogP contribution in [0.3, 0.4) is 0 Å². The Labute approximate surface area is 142 Å². The summed E-state index contributed by atoms with van der Waals surface area (Å²) < 4.78 is 14.6. The Balaban J connectivity index is 1.99. The summed E-state index contributed by atoms with van der Waals surface area (Å²) in [5, 5.41) is 14.8. The van der Waals surface area contributed by atoms with E-state index in [4.69, 9.17) is 0 Å². The molecule has 0 aliphatic heterocycles. The summed E-state index contributed by atoms with van der Waals surface area (Å²) >= 11 is 1.12. The summed E-state index contributed by atoms with van der Waals surface area (Å²) in [6, 6.07) is 5.60. The number of aliphatic hydroxyl groups excluding tert-OH is 1. The van der Waals surface area contributed by atoms with Gasteiger partial charge in [-0.05, 0) is 18.2 Å². The number of aromatic nitrogens is 2. The number of imidazole rings is 1. The second-order valence-corrected chi connectivity index (χ2v) is 5.74. The smallest absolute Gasteiger partial charge is 0.239 e. The van der Waals surface area contributed by atoms with Gasteiger partial charge >= 0.3 is 0 Å². The zero-order valence-electron chi connectivity index (χ0n) is 13.0. The van der Waals surface area contributed by atoms with Crippen LogP contribution in [-0.4, -0.2) is 39.3 Å². The number of nitrogens with one attached hydrogen (secondary N) is 2. The van der Waals surface area contributed by atoms with Gasteiger partial charge in [0.15, 0.2) is 5.16 Å². The van der Waals surface area contributed by atoms with Crippen molar-refractivity contribution in [1.29, 1.82) is 0 Å². The lowest BCUT2D eigenvalue weighted by Gasteiger charge is -2.10. The number of carbonyl (C=O) groups excluding carboxylic acids is 2. The van der Waals surface area contributed by atoms with Crippen LogP contribution in [0.4, 0.5) is 10.1 Å². The van der Waals surface area contributed by atoms with E-state index < -0.39 is 5.82 Å².